The van der Waals surface area contributed by atoms with E-state index in [1.165, 1.54) is 4.68 Å². The molecule has 0 aromatic carbocycles. The number of pyridine rings is 1. The zero-order chi connectivity index (χ0) is 13.4. The highest BCUT2D eigenvalue weighted by atomic mass is 35.5. The first kappa shape index (κ1) is 12.2. The molecule has 3 rings (SSSR count). The molecule has 100 valence electrons. The van der Waals surface area contributed by atoms with E-state index in [1.807, 2.05) is 0 Å². The average Bonchev–Trinajstić information content (AvgIpc) is 2.72. The van der Waals surface area contributed by atoms with Gasteiger partial charge in [-0.25, -0.2) is 14.5 Å². The quantitative estimate of drug-likeness (QED) is 0.891. The fraction of sp³-hybridized carbons (Fsp3) is 0.417. The molecule has 0 atom stereocenters. The molecule has 0 bridgehead atoms. The van der Waals surface area contributed by atoms with Gasteiger partial charge in [0.1, 0.15) is 11.6 Å². The summed E-state index contributed by atoms with van der Waals surface area (Å²) in [5.74, 6) is 1.23. The molecule has 1 aliphatic heterocycles. The molecule has 0 spiro atoms. The van der Waals surface area contributed by atoms with Crippen molar-refractivity contribution in [2.75, 3.05) is 5.73 Å². The number of anilines is 1. The standard InChI is InChI=1S/C12H14ClN5O/c13-8-4-5-10(14)15-9(8)7-18-12(19)17-6-2-1-3-11(17)16-18/h4-5H,1-3,6-7H2,(H2,14,15). The van der Waals surface area contributed by atoms with E-state index in [4.69, 9.17) is 17.3 Å². The normalized spacial score (nSPS) is 14.4. The van der Waals surface area contributed by atoms with Crippen LogP contribution in [0.1, 0.15) is 24.4 Å². The molecule has 1 aliphatic rings. The molecule has 7 heteroatoms. The molecular formula is C12H14ClN5O. The van der Waals surface area contributed by atoms with Crippen LogP contribution in [0.2, 0.25) is 5.02 Å². The Balaban J connectivity index is 1.97. The summed E-state index contributed by atoms with van der Waals surface area (Å²) in [6.07, 6.45) is 2.95. The smallest absolute Gasteiger partial charge is 0.346 e. The van der Waals surface area contributed by atoms with Gasteiger partial charge in [-0.2, -0.15) is 5.10 Å². The monoisotopic (exact) mass is 279 g/mol. The topological polar surface area (TPSA) is 78.7 Å². The molecule has 2 N–H and O–H groups in total. The number of nitrogen functional groups attached to an aromatic ring is 1. The Morgan fingerprint density at radius 3 is 3.00 bits per heavy atom. The van der Waals surface area contributed by atoms with Crippen LogP contribution in [-0.2, 0) is 19.5 Å². The first-order valence-corrected chi connectivity index (χ1v) is 6.60. The predicted octanol–water partition coefficient (Wildman–Crippen LogP) is 1.06. The Morgan fingerprint density at radius 1 is 1.37 bits per heavy atom. The van der Waals surface area contributed by atoms with Gasteiger partial charge in [-0.15, -0.1) is 0 Å². The second kappa shape index (κ2) is 4.70. The third-order valence-corrected chi connectivity index (χ3v) is 3.62. The Hall–Kier alpha value is -1.82. The third-order valence-electron chi connectivity index (χ3n) is 3.27. The molecule has 2 aromatic heterocycles. The number of nitrogens with two attached hydrogens (primary N) is 1. The van der Waals surface area contributed by atoms with E-state index in [0.29, 0.717) is 16.5 Å². The summed E-state index contributed by atoms with van der Waals surface area (Å²) in [6, 6.07) is 3.31. The Labute approximate surface area is 114 Å². The minimum absolute atomic E-state index is 0.102. The fourth-order valence-corrected chi connectivity index (χ4v) is 2.47. The Morgan fingerprint density at radius 2 is 2.21 bits per heavy atom. The van der Waals surface area contributed by atoms with Crippen LogP contribution in [0.3, 0.4) is 0 Å². The average molecular weight is 280 g/mol. The third kappa shape index (κ3) is 2.23. The van der Waals surface area contributed by atoms with E-state index in [2.05, 4.69) is 10.1 Å². The molecule has 0 saturated carbocycles. The first-order valence-electron chi connectivity index (χ1n) is 6.22. The molecular weight excluding hydrogens is 266 g/mol. The molecule has 0 saturated heterocycles. The van der Waals surface area contributed by atoms with E-state index in [9.17, 15) is 4.79 Å². The van der Waals surface area contributed by atoms with Crippen molar-refractivity contribution in [3.63, 3.8) is 0 Å². The Bertz CT molecular complexity index is 675. The van der Waals surface area contributed by atoms with E-state index >= 15 is 0 Å². The second-order valence-corrected chi connectivity index (χ2v) is 5.04. The van der Waals surface area contributed by atoms with Crippen molar-refractivity contribution >= 4 is 17.4 Å². The van der Waals surface area contributed by atoms with Gasteiger partial charge in [0, 0.05) is 13.0 Å². The molecule has 0 radical (unpaired) electrons. The number of fused-ring (bicyclic) bond motifs is 1. The number of nitrogens with zero attached hydrogens (tertiary/aromatic N) is 4. The number of aromatic nitrogens is 4. The lowest BCUT2D eigenvalue weighted by atomic mass is 10.2. The first-order chi connectivity index (χ1) is 9.15. The summed E-state index contributed by atoms with van der Waals surface area (Å²) in [7, 11) is 0. The highest BCUT2D eigenvalue weighted by molar-refractivity contribution is 6.31. The lowest BCUT2D eigenvalue weighted by Gasteiger charge is -2.09. The van der Waals surface area contributed by atoms with Crippen LogP contribution in [0.5, 0.6) is 0 Å². The molecule has 6 nitrogen and oxygen atoms in total. The van der Waals surface area contributed by atoms with E-state index in [1.54, 1.807) is 16.7 Å². The van der Waals surface area contributed by atoms with Crippen molar-refractivity contribution in [2.45, 2.75) is 32.4 Å². The summed E-state index contributed by atoms with van der Waals surface area (Å²) in [6.45, 7) is 0.995. The van der Waals surface area contributed by atoms with Crippen molar-refractivity contribution in [1.82, 2.24) is 19.3 Å². The summed E-state index contributed by atoms with van der Waals surface area (Å²) in [5, 5.41) is 4.84. The lowest BCUT2D eigenvalue weighted by Crippen LogP contribution is -2.27. The van der Waals surface area contributed by atoms with Crippen molar-refractivity contribution < 1.29 is 0 Å². The molecule has 0 fully saturated rings. The molecule has 3 heterocycles. The summed E-state index contributed by atoms with van der Waals surface area (Å²) in [5.41, 5.74) is 6.10. The van der Waals surface area contributed by atoms with Crippen LogP contribution in [0.4, 0.5) is 5.82 Å². The highest BCUT2D eigenvalue weighted by Crippen LogP contribution is 2.16. The molecule has 0 amide bonds. The van der Waals surface area contributed by atoms with Crippen LogP contribution in [0.15, 0.2) is 16.9 Å². The zero-order valence-electron chi connectivity index (χ0n) is 10.3. The van der Waals surface area contributed by atoms with Crippen LogP contribution >= 0.6 is 11.6 Å². The van der Waals surface area contributed by atoms with Gasteiger partial charge in [-0.3, -0.25) is 4.57 Å². The van der Waals surface area contributed by atoms with Crippen molar-refractivity contribution in [1.29, 1.82) is 0 Å². The molecule has 2 aromatic rings. The minimum atomic E-state index is -0.102. The molecule has 0 aliphatic carbocycles. The van der Waals surface area contributed by atoms with Crippen LogP contribution < -0.4 is 11.4 Å². The minimum Gasteiger partial charge on any atom is -0.384 e. The maximum absolute atomic E-state index is 12.2. The van der Waals surface area contributed by atoms with E-state index < -0.39 is 0 Å². The summed E-state index contributed by atoms with van der Waals surface area (Å²) in [4.78, 5) is 16.3. The van der Waals surface area contributed by atoms with Gasteiger partial charge < -0.3 is 5.73 Å². The molecule has 0 unspecified atom stereocenters. The van der Waals surface area contributed by atoms with Gasteiger partial charge in [0.2, 0.25) is 0 Å². The summed E-state index contributed by atoms with van der Waals surface area (Å²) < 4.78 is 3.14. The largest absolute Gasteiger partial charge is 0.384 e. The predicted molar refractivity (Wildman–Crippen MR) is 72.2 cm³/mol. The number of rotatable bonds is 2. The van der Waals surface area contributed by atoms with E-state index in [0.717, 1.165) is 31.6 Å². The number of aryl methyl sites for hydroxylation is 1. The zero-order valence-corrected chi connectivity index (χ0v) is 11.1. The van der Waals surface area contributed by atoms with Crippen LogP contribution in [-0.4, -0.2) is 19.3 Å². The second-order valence-electron chi connectivity index (χ2n) is 4.63. The van der Waals surface area contributed by atoms with Crippen LogP contribution in [0, 0.1) is 0 Å². The lowest BCUT2D eigenvalue weighted by molar-refractivity contribution is 0.511. The van der Waals surface area contributed by atoms with Crippen molar-refractivity contribution in [3.05, 3.63) is 39.2 Å². The van der Waals surface area contributed by atoms with Gasteiger partial charge in [0.25, 0.3) is 0 Å². The maximum Gasteiger partial charge on any atom is 0.346 e. The maximum atomic E-state index is 12.2. The van der Waals surface area contributed by atoms with Crippen molar-refractivity contribution in [3.8, 4) is 0 Å². The van der Waals surface area contributed by atoms with Gasteiger partial charge >= 0.3 is 5.69 Å². The van der Waals surface area contributed by atoms with E-state index in [-0.39, 0.29) is 12.2 Å². The highest BCUT2D eigenvalue weighted by Gasteiger charge is 2.17. The fourth-order valence-electron chi connectivity index (χ4n) is 2.31. The summed E-state index contributed by atoms with van der Waals surface area (Å²) >= 11 is 6.06. The van der Waals surface area contributed by atoms with Gasteiger partial charge in [0.05, 0.1) is 17.3 Å². The van der Waals surface area contributed by atoms with Gasteiger partial charge in [-0.05, 0) is 25.0 Å². The van der Waals surface area contributed by atoms with Gasteiger partial charge in [0.15, 0.2) is 0 Å². The number of halogens is 1. The SMILES string of the molecule is Nc1ccc(Cl)c(Cn2nc3n(c2=O)CCCC3)n1. The van der Waals surface area contributed by atoms with Crippen molar-refractivity contribution in [2.24, 2.45) is 0 Å². The number of hydrogen-bond acceptors (Lipinski definition) is 4. The number of hydrogen-bond donors (Lipinski definition) is 1. The Kier molecular flexibility index (Phi) is 3.02. The molecule has 19 heavy (non-hydrogen) atoms. The van der Waals surface area contributed by atoms with Crippen LogP contribution in [0.25, 0.3) is 0 Å². The van der Waals surface area contributed by atoms with Gasteiger partial charge in [-0.1, -0.05) is 11.6 Å².